The van der Waals surface area contributed by atoms with Gasteiger partial charge in [-0.3, -0.25) is 0 Å². The van der Waals surface area contributed by atoms with E-state index in [0.717, 1.165) is 6.54 Å². The first-order valence-electron chi connectivity index (χ1n) is 5.42. The lowest BCUT2D eigenvalue weighted by molar-refractivity contribution is 0.402. The first-order chi connectivity index (χ1) is 7.04. The summed E-state index contributed by atoms with van der Waals surface area (Å²) in [6, 6.07) is 4.56. The Morgan fingerprint density at radius 3 is 2.07 bits per heavy atom. The quantitative estimate of drug-likeness (QED) is 0.727. The molecule has 1 nitrogen and oxygen atoms in total. The maximum Gasteiger partial charge on any atom is 0.0227 e. The Bertz CT molecular complexity index is 339. The molecule has 0 atom stereocenters. The van der Waals surface area contributed by atoms with Crippen molar-refractivity contribution in [1.29, 1.82) is 0 Å². The van der Waals surface area contributed by atoms with Crippen molar-refractivity contribution in [2.45, 2.75) is 27.3 Å². The SMILES string of the molecule is C/C=C/c1c(C)cc(CN(C)C)cc1C. The van der Waals surface area contributed by atoms with Crippen LogP contribution in [0.15, 0.2) is 18.2 Å². The molecule has 1 rings (SSSR count). The smallest absolute Gasteiger partial charge is 0.0227 e. The molecule has 0 saturated carbocycles. The summed E-state index contributed by atoms with van der Waals surface area (Å²) in [5.41, 5.74) is 5.48. The first-order valence-corrected chi connectivity index (χ1v) is 5.42. The van der Waals surface area contributed by atoms with Crippen LogP contribution >= 0.6 is 0 Å². The predicted octanol–water partition coefficient (Wildman–Crippen LogP) is 3.40. The van der Waals surface area contributed by atoms with Gasteiger partial charge < -0.3 is 4.90 Å². The molecule has 0 aliphatic rings. The van der Waals surface area contributed by atoms with Crippen molar-refractivity contribution in [3.8, 4) is 0 Å². The molecule has 1 aromatic rings. The molecule has 0 heterocycles. The molecule has 0 fully saturated rings. The number of hydrogen-bond acceptors (Lipinski definition) is 1. The van der Waals surface area contributed by atoms with Crippen LogP contribution in [0.4, 0.5) is 0 Å². The van der Waals surface area contributed by atoms with Gasteiger partial charge in [0.25, 0.3) is 0 Å². The van der Waals surface area contributed by atoms with Crippen molar-refractivity contribution in [2.75, 3.05) is 14.1 Å². The normalized spacial score (nSPS) is 11.6. The number of benzene rings is 1. The van der Waals surface area contributed by atoms with Gasteiger partial charge >= 0.3 is 0 Å². The van der Waals surface area contributed by atoms with E-state index < -0.39 is 0 Å². The molecule has 0 N–H and O–H groups in total. The van der Waals surface area contributed by atoms with Crippen molar-refractivity contribution in [1.82, 2.24) is 4.90 Å². The molecule has 0 amide bonds. The van der Waals surface area contributed by atoms with Gasteiger partial charge in [0.15, 0.2) is 0 Å². The third-order valence-corrected chi connectivity index (χ3v) is 2.49. The lowest BCUT2D eigenvalue weighted by Gasteiger charge is -2.13. The maximum absolute atomic E-state index is 2.28. The molecule has 15 heavy (non-hydrogen) atoms. The van der Waals surface area contributed by atoms with E-state index in [2.05, 4.69) is 64.1 Å². The topological polar surface area (TPSA) is 3.24 Å². The third kappa shape index (κ3) is 3.21. The minimum atomic E-state index is 1.01. The van der Waals surface area contributed by atoms with Crippen LogP contribution in [0.5, 0.6) is 0 Å². The first kappa shape index (κ1) is 12.0. The summed E-state index contributed by atoms with van der Waals surface area (Å²) in [5, 5.41) is 0. The molecular weight excluding hydrogens is 182 g/mol. The van der Waals surface area contributed by atoms with E-state index in [4.69, 9.17) is 0 Å². The third-order valence-electron chi connectivity index (χ3n) is 2.49. The lowest BCUT2D eigenvalue weighted by Crippen LogP contribution is -2.11. The molecule has 0 unspecified atom stereocenters. The highest BCUT2D eigenvalue weighted by atomic mass is 15.0. The van der Waals surface area contributed by atoms with E-state index in [0.29, 0.717) is 0 Å². The molecule has 0 saturated heterocycles. The van der Waals surface area contributed by atoms with Crippen LogP contribution < -0.4 is 0 Å². The van der Waals surface area contributed by atoms with Crippen molar-refractivity contribution >= 4 is 6.08 Å². The number of aryl methyl sites for hydroxylation is 2. The summed E-state index contributed by atoms with van der Waals surface area (Å²) in [5.74, 6) is 0. The largest absolute Gasteiger partial charge is 0.305 e. The van der Waals surface area contributed by atoms with E-state index in [1.54, 1.807) is 0 Å². The van der Waals surface area contributed by atoms with E-state index in [1.165, 1.54) is 22.3 Å². The van der Waals surface area contributed by atoms with Gasteiger partial charge in [-0.1, -0.05) is 24.3 Å². The Morgan fingerprint density at radius 2 is 1.67 bits per heavy atom. The van der Waals surface area contributed by atoms with Crippen LogP contribution in [-0.4, -0.2) is 19.0 Å². The van der Waals surface area contributed by atoms with Gasteiger partial charge in [-0.2, -0.15) is 0 Å². The molecule has 1 heteroatoms. The van der Waals surface area contributed by atoms with Crippen molar-refractivity contribution in [2.24, 2.45) is 0 Å². The van der Waals surface area contributed by atoms with Gasteiger partial charge in [-0.25, -0.2) is 0 Å². The second-order valence-electron chi connectivity index (χ2n) is 4.38. The summed E-state index contributed by atoms with van der Waals surface area (Å²) in [6.45, 7) is 7.44. The number of nitrogens with zero attached hydrogens (tertiary/aromatic N) is 1. The van der Waals surface area contributed by atoms with Crippen molar-refractivity contribution < 1.29 is 0 Å². The highest BCUT2D eigenvalue weighted by Gasteiger charge is 2.03. The molecule has 0 spiro atoms. The molecule has 0 radical (unpaired) electrons. The fraction of sp³-hybridized carbons (Fsp3) is 0.429. The van der Waals surface area contributed by atoms with E-state index in [1.807, 2.05) is 0 Å². The minimum absolute atomic E-state index is 1.01. The van der Waals surface area contributed by atoms with Crippen LogP contribution in [0.3, 0.4) is 0 Å². The fourth-order valence-electron chi connectivity index (χ4n) is 1.95. The Kier molecular flexibility index (Phi) is 4.10. The van der Waals surface area contributed by atoms with Crippen LogP contribution in [0.25, 0.3) is 6.08 Å². The minimum Gasteiger partial charge on any atom is -0.305 e. The van der Waals surface area contributed by atoms with Crippen LogP contribution in [0.1, 0.15) is 29.2 Å². The molecule has 82 valence electrons. The van der Waals surface area contributed by atoms with Gasteiger partial charge in [0, 0.05) is 6.54 Å². The highest BCUT2D eigenvalue weighted by Crippen LogP contribution is 2.18. The van der Waals surface area contributed by atoms with Crippen LogP contribution in [0.2, 0.25) is 0 Å². The number of rotatable bonds is 3. The van der Waals surface area contributed by atoms with E-state index in [9.17, 15) is 0 Å². The molecule has 0 aliphatic heterocycles. The molecule has 0 bridgehead atoms. The predicted molar refractivity (Wildman–Crippen MR) is 68.0 cm³/mol. The molecule has 0 aromatic heterocycles. The lowest BCUT2D eigenvalue weighted by atomic mass is 9.99. The Balaban J connectivity index is 3.08. The molecule has 1 aromatic carbocycles. The second kappa shape index (κ2) is 5.13. The van der Waals surface area contributed by atoms with E-state index in [-0.39, 0.29) is 0 Å². The number of hydrogen-bond donors (Lipinski definition) is 0. The standard InChI is InChI=1S/C14H21N/c1-6-7-14-11(2)8-13(9-12(14)3)10-15(4)5/h6-9H,10H2,1-5H3/b7-6+. The summed E-state index contributed by atoms with van der Waals surface area (Å²) >= 11 is 0. The van der Waals surface area contributed by atoms with Gasteiger partial charge in [0.2, 0.25) is 0 Å². The van der Waals surface area contributed by atoms with Crippen LogP contribution in [0, 0.1) is 13.8 Å². The zero-order chi connectivity index (χ0) is 11.4. The van der Waals surface area contributed by atoms with Crippen molar-refractivity contribution in [3.63, 3.8) is 0 Å². The van der Waals surface area contributed by atoms with Gasteiger partial charge in [-0.05, 0) is 57.1 Å². The van der Waals surface area contributed by atoms with E-state index >= 15 is 0 Å². The Labute approximate surface area is 93.4 Å². The van der Waals surface area contributed by atoms with Gasteiger partial charge in [0.1, 0.15) is 0 Å². The fourth-order valence-corrected chi connectivity index (χ4v) is 1.95. The second-order valence-corrected chi connectivity index (χ2v) is 4.38. The maximum atomic E-state index is 2.28. The summed E-state index contributed by atoms with van der Waals surface area (Å²) in [7, 11) is 4.20. The molecular formula is C14H21N. The Hall–Kier alpha value is -1.08. The summed E-state index contributed by atoms with van der Waals surface area (Å²) < 4.78 is 0. The summed E-state index contributed by atoms with van der Waals surface area (Å²) in [4.78, 5) is 2.20. The number of allylic oxidation sites excluding steroid dienone is 1. The Morgan fingerprint density at radius 1 is 1.13 bits per heavy atom. The van der Waals surface area contributed by atoms with Crippen molar-refractivity contribution in [3.05, 3.63) is 40.5 Å². The highest BCUT2D eigenvalue weighted by molar-refractivity contribution is 5.58. The average Bonchev–Trinajstić information content (AvgIpc) is 2.10. The van der Waals surface area contributed by atoms with Gasteiger partial charge in [0.05, 0.1) is 0 Å². The van der Waals surface area contributed by atoms with Gasteiger partial charge in [-0.15, -0.1) is 0 Å². The van der Waals surface area contributed by atoms with Crippen LogP contribution in [-0.2, 0) is 6.54 Å². The monoisotopic (exact) mass is 203 g/mol. The average molecular weight is 203 g/mol. The zero-order valence-electron chi connectivity index (χ0n) is 10.5. The zero-order valence-corrected chi connectivity index (χ0v) is 10.5. The summed E-state index contributed by atoms with van der Waals surface area (Å²) in [6.07, 6.45) is 4.28. The molecule has 0 aliphatic carbocycles.